The summed E-state index contributed by atoms with van der Waals surface area (Å²) in [5.74, 6) is 0.869. The minimum atomic E-state index is -0.388. The maximum absolute atomic E-state index is 9.38. The molecular formula is C9H10O4. The number of fused-ring (bicyclic) bond motifs is 1. The SMILES string of the molecule is OCC1COc2cccc(O)c2O1. The standard InChI is InChI=1S/C9H10O4/c10-4-6-5-12-8-3-1-2-7(11)9(8)13-6/h1-3,6,10-11H,4-5H2. The molecule has 1 heterocycles. The van der Waals surface area contributed by atoms with E-state index in [1.807, 2.05) is 0 Å². The third kappa shape index (κ3) is 1.40. The number of aliphatic hydroxyl groups is 1. The zero-order chi connectivity index (χ0) is 9.26. The Kier molecular flexibility index (Phi) is 1.98. The van der Waals surface area contributed by atoms with Gasteiger partial charge in [0.1, 0.15) is 6.61 Å². The van der Waals surface area contributed by atoms with Crippen LogP contribution in [0.25, 0.3) is 0 Å². The van der Waals surface area contributed by atoms with Crippen molar-refractivity contribution in [2.75, 3.05) is 13.2 Å². The first-order chi connectivity index (χ1) is 6.31. The van der Waals surface area contributed by atoms with Crippen LogP contribution in [0.15, 0.2) is 18.2 Å². The van der Waals surface area contributed by atoms with Gasteiger partial charge in [-0.05, 0) is 12.1 Å². The summed E-state index contributed by atoms with van der Waals surface area (Å²) in [4.78, 5) is 0. The molecule has 0 aliphatic carbocycles. The minimum absolute atomic E-state index is 0.0376. The summed E-state index contributed by atoms with van der Waals surface area (Å²) in [6, 6.07) is 4.90. The number of aliphatic hydroxyl groups excluding tert-OH is 1. The predicted octanol–water partition coefficient (Wildman–Crippen LogP) is 0.524. The van der Waals surface area contributed by atoms with Crippen LogP contribution in [-0.4, -0.2) is 29.5 Å². The van der Waals surface area contributed by atoms with Gasteiger partial charge >= 0.3 is 0 Å². The van der Waals surface area contributed by atoms with Crippen molar-refractivity contribution >= 4 is 0 Å². The Hall–Kier alpha value is -1.42. The summed E-state index contributed by atoms with van der Waals surface area (Å²) < 4.78 is 10.5. The number of ether oxygens (including phenoxy) is 2. The highest BCUT2D eigenvalue weighted by Gasteiger charge is 2.22. The maximum atomic E-state index is 9.38. The van der Waals surface area contributed by atoms with Crippen molar-refractivity contribution in [1.29, 1.82) is 0 Å². The van der Waals surface area contributed by atoms with E-state index in [-0.39, 0.29) is 18.5 Å². The van der Waals surface area contributed by atoms with Gasteiger partial charge in [0.25, 0.3) is 0 Å². The van der Waals surface area contributed by atoms with Crippen molar-refractivity contribution in [1.82, 2.24) is 0 Å². The van der Waals surface area contributed by atoms with Gasteiger partial charge < -0.3 is 19.7 Å². The monoisotopic (exact) mass is 182 g/mol. The average molecular weight is 182 g/mol. The number of para-hydroxylation sites is 1. The molecule has 2 N–H and O–H groups in total. The first-order valence-corrected chi connectivity index (χ1v) is 4.03. The van der Waals surface area contributed by atoms with Gasteiger partial charge in [-0.2, -0.15) is 0 Å². The van der Waals surface area contributed by atoms with E-state index in [1.54, 1.807) is 12.1 Å². The van der Waals surface area contributed by atoms with Crippen molar-refractivity contribution < 1.29 is 19.7 Å². The molecule has 0 bridgehead atoms. The number of rotatable bonds is 1. The topological polar surface area (TPSA) is 58.9 Å². The van der Waals surface area contributed by atoms with Crippen molar-refractivity contribution in [2.24, 2.45) is 0 Å². The predicted molar refractivity (Wildman–Crippen MR) is 45.1 cm³/mol. The van der Waals surface area contributed by atoms with E-state index in [2.05, 4.69) is 0 Å². The van der Waals surface area contributed by atoms with E-state index in [1.165, 1.54) is 6.07 Å². The molecular weight excluding hydrogens is 172 g/mol. The highest BCUT2D eigenvalue weighted by molar-refractivity contribution is 5.51. The minimum Gasteiger partial charge on any atom is -0.504 e. The molecule has 0 amide bonds. The number of benzene rings is 1. The van der Waals surface area contributed by atoms with Crippen LogP contribution < -0.4 is 9.47 Å². The molecule has 1 aromatic rings. The van der Waals surface area contributed by atoms with Crippen LogP contribution in [0, 0.1) is 0 Å². The molecule has 1 aromatic carbocycles. The second-order valence-corrected chi connectivity index (χ2v) is 2.84. The van der Waals surface area contributed by atoms with Gasteiger partial charge in [-0.3, -0.25) is 0 Å². The Morgan fingerprint density at radius 2 is 2.31 bits per heavy atom. The van der Waals surface area contributed by atoms with E-state index in [0.29, 0.717) is 18.1 Å². The molecule has 1 aliphatic heterocycles. The molecule has 1 atom stereocenters. The molecule has 2 rings (SSSR count). The largest absolute Gasteiger partial charge is 0.504 e. The van der Waals surface area contributed by atoms with Crippen LogP contribution in [0.3, 0.4) is 0 Å². The van der Waals surface area contributed by atoms with Crippen LogP contribution in [0.5, 0.6) is 17.2 Å². The highest BCUT2D eigenvalue weighted by Crippen LogP contribution is 2.39. The van der Waals surface area contributed by atoms with Gasteiger partial charge in [0.05, 0.1) is 6.61 Å². The Bertz CT molecular complexity index is 310. The van der Waals surface area contributed by atoms with Gasteiger partial charge in [-0.25, -0.2) is 0 Å². The number of hydrogen-bond donors (Lipinski definition) is 2. The Balaban J connectivity index is 2.32. The summed E-state index contributed by atoms with van der Waals surface area (Å²) in [7, 11) is 0. The second kappa shape index (κ2) is 3.14. The third-order valence-corrected chi connectivity index (χ3v) is 1.87. The van der Waals surface area contributed by atoms with Gasteiger partial charge in [0, 0.05) is 0 Å². The lowest BCUT2D eigenvalue weighted by Gasteiger charge is -2.25. The first-order valence-electron chi connectivity index (χ1n) is 4.03. The average Bonchev–Trinajstić information content (AvgIpc) is 2.18. The van der Waals surface area contributed by atoms with Crippen molar-refractivity contribution in [2.45, 2.75) is 6.10 Å². The van der Waals surface area contributed by atoms with E-state index in [9.17, 15) is 5.11 Å². The quantitative estimate of drug-likeness (QED) is 0.665. The van der Waals surface area contributed by atoms with E-state index >= 15 is 0 Å². The summed E-state index contributed by atoms with van der Waals surface area (Å²) >= 11 is 0. The Labute approximate surface area is 75.3 Å². The molecule has 0 saturated carbocycles. The lowest BCUT2D eigenvalue weighted by atomic mass is 10.2. The van der Waals surface area contributed by atoms with E-state index < -0.39 is 0 Å². The van der Waals surface area contributed by atoms with Crippen LogP contribution in [0.4, 0.5) is 0 Å². The highest BCUT2D eigenvalue weighted by atomic mass is 16.6. The normalized spacial score (nSPS) is 19.9. The van der Waals surface area contributed by atoms with E-state index in [4.69, 9.17) is 14.6 Å². The summed E-state index contributed by atoms with van der Waals surface area (Å²) in [5.41, 5.74) is 0. The molecule has 0 radical (unpaired) electrons. The number of phenols is 1. The fourth-order valence-electron chi connectivity index (χ4n) is 1.21. The van der Waals surface area contributed by atoms with Crippen LogP contribution in [-0.2, 0) is 0 Å². The van der Waals surface area contributed by atoms with Gasteiger partial charge in [-0.1, -0.05) is 6.07 Å². The molecule has 0 spiro atoms. The summed E-state index contributed by atoms with van der Waals surface area (Å²) in [5, 5.41) is 18.2. The van der Waals surface area contributed by atoms with Crippen molar-refractivity contribution in [3.8, 4) is 17.2 Å². The molecule has 4 heteroatoms. The zero-order valence-electron chi connectivity index (χ0n) is 6.93. The fourth-order valence-corrected chi connectivity index (χ4v) is 1.21. The first kappa shape index (κ1) is 8.19. The van der Waals surface area contributed by atoms with Crippen molar-refractivity contribution in [3.05, 3.63) is 18.2 Å². The smallest absolute Gasteiger partial charge is 0.203 e. The second-order valence-electron chi connectivity index (χ2n) is 2.84. The Morgan fingerprint density at radius 1 is 1.46 bits per heavy atom. The Morgan fingerprint density at radius 3 is 3.08 bits per heavy atom. The molecule has 1 aliphatic rings. The van der Waals surface area contributed by atoms with E-state index in [0.717, 1.165) is 0 Å². The van der Waals surface area contributed by atoms with Gasteiger partial charge in [0.15, 0.2) is 17.6 Å². The van der Waals surface area contributed by atoms with Gasteiger partial charge in [0.2, 0.25) is 5.75 Å². The molecule has 0 fully saturated rings. The molecule has 0 aromatic heterocycles. The number of aromatic hydroxyl groups is 1. The summed E-state index contributed by atoms with van der Waals surface area (Å²) in [6.45, 7) is 0.195. The molecule has 0 saturated heterocycles. The van der Waals surface area contributed by atoms with Crippen LogP contribution in [0.2, 0.25) is 0 Å². The fraction of sp³-hybridized carbons (Fsp3) is 0.333. The van der Waals surface area contributed by atoms with Crippen LogP contribution in [0.1, 0.15) is 0 Å². The number of phenolic OH excluding ortho intramolecular Hbond substituents is 1. The number of hydrogen-bond acceptors (Lipinski definition) is 4. The lowest BCUT2D eigenvalue weighted by molar-refractivity contribution is 0.0431. The maximum Gasteiger partial charge on any atom is 0.203 e. The lowest BCUT2D eigenvalue weighted by Crippen LogP contribution is -2.32. The summed E-state index contributed by atoms with van der Waals surface area (Å²) in [6.07, 6.45) is -0.388. The molecule has 4 nitrogen and oxygen atoms in total. The van der Waals surface area contributed by atoms with Crippen molar-refractivity contribution in [3.63, 3.8) is 0 Å². The third-order valence-electron chi connectivity index (χ3n) is 1.87. The van der Waals surface area contributed by atoms with Crippen LogP contribution >= 0.6 is 0 Å². The molecule has 13 heavy (non-hydrogen) atoms. The van der Waals surface area contributed by atoms with Gasteiger partial charge in [-0.15, -0.1) is 0 Å². The molecule has 1 unspecified atom stereocenters. The zero-order valence-corrected chi connectivity index (χ0v) is 6.93. The molecule has 70 valence electrons.